The van der Waals surface area contributed by atoms with Crippen molar-refractivity contribution in [1.82, 2.24) is 10.1 Å². The first kappa shape index (κ1) is 7.09. The van der Waals surface area contributed by atoms with Gasteiger partial charge in [0.15, 0.2) is 5.43 Å². The van der Waals surface area contributed by atoms with Crippen LogP contribution >= 0.6 is 0 Å². The molecule has 2 aromatic heterocycles. The lowest BCUT2D eigenvalue weighted by molar-refractivity contribution is 0.442. The maximum Gasteiger partial charge on any atom is 0.240 e. The van der Waals surface area contributed by atoms with Gasteiger partial charge in [0.25, 0.3) is 0 Å². The van der Waals surface area contributed by atoms with E-state index in [1.165, 1.54) is 6.07 Å². The predicted octanol–water partition coefficient (Wildman–Crippen LogP) is 1.13. The number of H-pyrrole nitrogens is 1. The van der Waals surface area contributed by atoms with Gasteiger partial charge in [-0.2, -0.15) is 0 Å². The van der Waals surface area contributed by atoms with E-state index in [0.29, 0.717) is 16.8 Å². The maximum atomic E-state index is 11.4. The van der Waals surface area contributed by atoms with Crippen LogP contribution in [0.4, 0.5) is 0 Å². The van der Waals surface area contributed by atoms with Crippen LogP contribution in [0.5, 0.6) is 0 Å². The van der Waals surface area contributed by atoms with Crippen LogP contribution in [0.3, 0.4) is 0 Å². The zero-order chi connectivity index (χ0) is 8.72. The van der Waals surface area contributed by atoms with E-state index in [2.05, 4.69) is 10.1 Å². The molecule has 2 aromatic rings. The fraction of sp³-hybridized carbons (Fsp3) is 0.250. The van der Waals surface area contributed by atoms with Crippen LogP contribution in [-0.2, 0) is 0 Å². The smallest absolute Gasteiger partial charge is 0.240 e. The number of aryl methyl sites for hydroxylation is 2. The zero-order valence-electron chi connectivity index (χ0n) is 6.84. The van der Waals surface area contributed by atoms with Crippen LogP contribution in [0.15, 0.2) is 15.4 Å². The third kappa shape index (κ3) is 0.845. The van der Waals surface area contributed by atoms with Crippen LogP contribution in [0.1, 0.15) is 11.4 Å². The molecule has 0 bridgehead atoms. The molecule has 0 fully saturated rings. The molecule has 2 rings (SSSR count). The lowest BCUT2D eigenvalue weighted by atomic mass is 10.2. The number of pyridine rings is 1. The number of hydrogen-bond acceptors (Lipinski definition) is 3. The molecule has 0 saturated heterocycles. The Morgan fingerprint density at radius 2 is 2.25 bits per heavy atom. The minimum Gasteiger partial charge on any atom is -0.337 e. The lowest BCUT2D eigenvalue weighted by Gasteiger charge is -1.90. The summed E-state index contributed by atoms with van der Waals surface area (Å²) in [6, 6.07) is 1.53. The Morgan fingerprint density at radius 3 is 3.00 bits per heavy atom. The van der Waals surface area contributed by atoms with Gasteiger partial charge in [0, 0.05) is 11.8 Å². The molecule has 0 aromatic carbocycles. The largest absolute Gasteiger partial charge is 0.337 e. The average molecular weight is 164 g/mol. The third-order valence-electron chi connectivity index (χ3n) is 1.77. The first-order valence-corrected chi connectivity index (χ1v) is 3.64. The first-order chi connectivity index (χ1) is 5.68. The highest BCUT2D eigenvalue weighted by molar-refractivity contribution is 5.75. The summed E-state index contributed by atoms with van der Waals surface area (Å²) in [5.74, 6) is 0. The molecule has 0 aliphatic carbocycles. The van der Waals surface area contributed by atoms with E-state index >= 15 is 0 Å². The Kier molecular flexibility index (Phi) is 1.30. The molecule has 62 valence electrons. The van der Waals surface area contributed by atoms with Gasteiger partial charge in [-0.25, -0.2) is 0 Å². The minimum absolute atomic E-state index is 0.0417. The summed E-state index contributed by atoms with van der Waals surface area (Å²) in [6.07, 6.45) is 0. The Hall–Kier alpha value is -1.58. The lowest BCUT2D eigenvalue weighted by Crippen LogP contribution is -2.01. The summed E-state index contributed by atoms with van der Waals surface area (Å²) < 4.78 is 4.90. The highest BCUT2D eigenvalue weighted by Crippen LogP contribution is 2.10. The van der Waals surface area contributed by atoms with Crippen molar-refractivity contribution in [2.75, 3.05) is 0 Å². The van der Waals surface area contributed by atoms with Crippen LogP contribution in [0.2, 0.25) is 0 Å². The van der Waals surface area contributed by atoms with Crippen molar-refractivity contribution in [2.24, 2.45) is 0 Å². The highest BCUT2D eigenvalue weighted by Gasteiger charge is 2.07. The number of fused-ring (bicyclic) bond motifs is 1. The van der Waals surface area contributed by atoms with Gasteiger partial charge >= 0.3 is 0 Å². The summed E-state index contributed by atoms with van der Waals surface area (Å²) in [6.45, 7) is 3.55. The number of aromatic nitrogens is 2. The van der Waals surface area contributed by atoms with E-state index in [9.17, 15) is 4.79 Å². The average Bonchev–Trinajstić information content (AvgIpc) is 2.31. The van der Waals surface area contributed by atoms with Crippen LogP contribution in [0, 0.1) is 13.8 Å². The van der Waals surface area contributed by atoms with E-state index < -0.39 is 0 Å². The van der Waals surface area contributed by atoms with Crippen molar-refractivity contribution in [1.29, 1.82) is 0 Å². The van der Waals surface area contributed by atoms with E-state index in [-0.39, 0.29) is 5.43 Å². The van der Waals surface area contributed by atoms with Crippen molar-refractivity contribution < 1.29 is 4.52 Å². The van der Waals surface area contributed by atoms with E-state index in [1.807, 2.05) is 0 Å². The zero-order valence-corrected chi connectivity index (χ0v) is 6.84. The van der Waals surface area contributed by atoms with Crippen LogP contribution in [-0.4, -0.2) is 10.1 Å². The van der Waals surface area contributed by atoms with Gasteiger partial charge in [-0.05, 0) is 13.8 Å². The molecular formula is C8H8N2O2. The predicted molar refractivity (Wildman–Crippen MR) is 44.1 cm³/mol. The quantitative estimate of drug-likeness (QED) is 0.635. The number of rotatable bonds is 0. The van der Waals surface area contributed by atoms with E-state index in [1.54, 1.807) is 13.8 Å². The van der Waals surface area contributed by atoms with Crippen molar-refractivity contribution >= 4 is 11.1 Å². The second-order valence-corrected chi connectivity index (χ2v) is 2.79. The molecule has 4 nitrogen and oxygen atoms in total. The fourth-order valence-corrected chi connectivity index (χ4v) is 1.23. The first-order valence-electron chi connectivity index (χ1n) is 3.64. The molecule has 0 unspecified atom stereocenters. The van der Waals surface area contributed by atoms with Crippen LogP contribution < -0.4 is 5.43 Å². The fourth-order valence-electron chi connectivity index (χ4n) is 1.23. The van der Waals surface area contributed by atoms with Crippen molar-refractivity contribution in [2.45, 2.75) is 13.8 Å². The Labute approximate surface area is 68.2 Å². The number of nitrogens with one attached hydrogen (secondary N) is 1. The monoisotopic (exact) mass is 164 g/mol. The molecule has 0 amide bonds. The van der Waals surface area contributed by atoms with Gasteiger partial charge in [-0.3, -0.25) is 4.79 Å². The standard InChI is InChI=1S/C8H8N2O2/c1-4-3-6(11)7-5(2)10-12-8(7)9-4/h3H,1-2H3,(H,9,11). The molecule has 0 atom stereocenters. The van der Waals surface area contributed by atoms with Gasteiger partial charge < -0.3 is 9.51 Å². The van der Waals surface area contributed by atoms with E-state index in [4.69, 9.17) is 4.52 Å². The number of nitrogens with zero attached hydrogens (tertiary/aromatic N) is 1. The molecule has 2 heterocycles. The summed E-state index contributed by atoms with van der Waals surface area (Å²) in [7, 11) is 0. The molecule has 0 aliphatic rings. The molecule has 0 radical (unpaired) electrons. The second kappa shape index (κ2) is 2.20. The molecular weight excluding hydrogens is 156 g/mol. The van der Waals surface area contributed by atoms with Crippen molar-refractivity contribution in [3.05, 3.63) is 27.7 Å². The van der Waals surface area contributed by atoms with Crippen molar-refractivity contribution in [3.63, 3.8) is 0 Å². The minimum atomic E-state index is -0.0417. The van der Waals surface area contributed by atoms with Gasteiger partial charge in [-0.1, -0.05) is 5.16 Å². The summed E-state index contributed by atoms with van der Waals surface area (Å²) in [5.41, 5.74) is 1.83. The van der Waals surface area contributed by atoms with Gasteiger partial charge in [0.1, 0.15) is 5.39 Å². The maximum absolute atomic E-state index is 11.4. The summed E-state index contributed by atoms with van der Waals surface area (Å²) in [5, 5.41) is 4.23. The summed E-state index contributed by atoms with van der Waals surface area (Å²) in [4.78, 5) is 14.3. The second-order valence-electron chi connectivity index (χ2n) is 2.79. The third-order valence-corrected chi connectivity index (χ3v) is 1.77. The van der Waals surface area contributed by atoms with E-state index in [0.717, 1.165) is 5.69 Å². The van der Waals surface area contributed by atoms with Gasteiger partial charge in [-0.15, -0.1) is 0 Å². The summed E-state index contributed by atoms with van der Waals surface area (Å²) >= 11 is 0. The Balaban J connectivity index is 3.03. The topological polar surface area (TPSA) is 58.9 Å². The van der Waals surface area contributed by atoms with Crippen LogP contribution in [0.25, 0.3) is 11.1 Å². The molecule has 12 heavy (non-hydrogen) atoms. The SMILES string of the molecule is Cc1cc(=O)c2c(C)noc2[nH]1. The molecule has 4 heteroatoms. The molecule has 1 N–H and O–H groups in total. The van der Waals surface area contributed by atoms with Crippen molar-refractivity contribution in [3.8, 4) is 0 Å². The number of aromatic amines is 1. The highest BCUT2D eigenvalue weighted by atomic mass is 16.5. The normalized spacial score (nSPS) is 10.8. The molecule has 0 aliphatic heterocycles. The Morgan fingerprint density at radius 1 is 1.50 bits per heavy atom. The van der Waals surface area contributed by atoms with Gasteiger partial charge in [0.05, 0.1) is 5.69 Å². The molecule has 0 spiro atoms. The Bertz CT molecular complexity index is 481. The molecule has 0 saturated carbocycles. The number of hydrogen-bond donors (Lipinski definition) is 1. The van der Waals surface area contributed by atoms with Gasteiger partial charge in [0.2, 0.25) is 5.71 Å².